The summed E-state index contributed by atoms with van der Waals surface area (Å²) >= 11 is 5.25. The first kappa shape index (κ1) is 14.6. The molecule has 0 saturated carbocycles. The van der Waals surface area contributed by atoms with Crippen LogP contribution in [0.1, 0.15) is 26.8 Å². The van der Waals surface area contributed by atoms with E-state index in [1.165, 1.54) is 4.88 Å². The lowest BCUT2D eigenvalue weighted by molar-refractivity contribution is 0.0957. The predicted molar refractivity (Wildman–Crippen MR) is 87.2 cm³/mol. The Morgan fingerprint density at radius 1 is 1.43 bits per heavy atom. The number of fused-ring (bicyclic) bond motifs is 1. The molecule has 21 heavy (non-hydrogen) atoms. The fourth-order valence-corrected chi connectivity index (χ4v) is 4.15. The third kappa shape index (κ3) is 2.84. The lowest BCUT2D eigenvalue weighted by Gasteiger charge is -2.17. The first-order valence-corrected chi connectivity index (χ1v) is 8.33. The maximum absolute atomic E-state index is 12.1. The summed E-state index contributed by atoms with van der Waals surface area (Å²) in [4.78, 5) is 13.3. The minimum absolute atomic E-state index is 0.0423. The molecule has 2 heterocycles. The number of rotatable bonds is 3. The van der Waals surface area contributed by atoms with Crippen molar-refractivity contribution in [2.75, 3.05) is 20.2 Å². The van der Waals surface area contributed by atoms with Gasteiger partial charge in [-0.25, -0.2) is 0 Å². The van der Waals surface area contributed by atoms with E-state index in [0.29, 0.717) is 24.5 Å². The SMILES string of the molecule is CNC(c1ccc2c(c1)C(=O)NCCO2)c1sccc1Br. The molecule has 4 nitrogen and oxygen atoms in total. The predicted octanol–water partition coefficient (Wildman–Crippen LogP) is 2.94. The van der Waals surface area contributed by atoms with Crippen molar-refractivity contribution in [1.82, 2.24) is 10.6 Å². The van der Waals surface area contributed by atoms with Crippen molar-refractivity contribution >= 4 is 33.2 Å². The first-order valence-electron chi connectivity index (χ1n) is 6.66. The molecule has 110 valence electrons. The number of carbonyl (C=O) groups excluding carboxylic acids is 1. The smallest absolute Gasteiger partial charge is 0.255 e. The van der Waals surface area contributed by atoms with E-state index in [1.807, 2.05) is 36.7 Å². The zero-order valence-electron chi connectivity index (χ0n) is 11.5. The molecule has 1 aliphatic rings. The lowest BCUT2D eigenvalue weighted by Crippen LogP contribution is -2.24. The molecule has 1 unspecified atom stereocenters. The van der Waals surface area contributed by atoms with Crippen molar-refractivity contribution in [3.05, 3.63) is 50.1 Å². The van der Waals surface area contributed by atoms with Crippen LogP contribution in [0.5, 0.6) is 5.75 Å². The Bertz CT molecular complexity index is 671. The molecule has 6 heteroatoms. The molecule has 0 fully saturated rings. The molecule has 0 radical (unpaired) electrons. The highest BCUT2D eigenvalue weighted by atomic mass is 79.9. The van der Waals surface area contributed by atoms with E-state index in [4.69, 9.17) is 4.74 Å². The summed E-state index contributed by atoms with van der Waals surface area (Å²) in [5.74, 6) is 0.568. The zero-order chi connectivity index (χ0) is 14.8. The van der Waals surface area contributed by atoms with Crippen molar-refractivity contribution in [1.29, 1.82) is 0 Å². The molecule has 1 aromatic carbocycles. The molecule has 2 N–H and O–H groups in total. The van der Waals surface area contributed by atoms with E-state index in [2.05, 4.69) is 26.6 Å². The second kappa shape index (κ2) is 6.17. The van der Waals surface area contributed by atoms with Gasteiger partial charge in [0.15, 0.2) is 0 Å². The van der Waals surface area contributed by atoms with E-state index in [1.54, 1.807) is 11.3 Å². The molecule has 1 aromatic heterocycles. The van der Waals surface area contributed by atoms with Gasteiger partial charge in [-0.1, -0.05) is 6.07 Å². The lowest BCUT2D eigenvalue weighted by atomic mass is 10.0. The number of ether oxygens (including phenoxy) is 1. The molecule has 1 amide bonds. The average molecular weight is 367 g/mol. The topological polar surface area (TPSA) is 50.4 Å². The average Bonchev–Trinajstić information content (AvgIpc) is 2.82. The van der Waals surface area contributed by atoms with Crippen molar-refractivity contribution in [3.8, 4) is 5.75 Å². The van der Waals surface area contributed by atoms with E-state index < -0.39 is 0 Å². The van der Waals surface area contributed by atoms with Crippen LogP contribution < -0.4 is 15.4 Å². The van der Waals surface area contributed by atoms with Gasteiger partial charge in [-0.05, 0) is 52.1 Å². The van der Waals surface area contributed by atoms with E-state index in [0.717, 1.165) is 10.0 Å². The molecular formula is C15H15BrN2O2S. The molecular weight excluding hydrogens is 352 g/mol. The molecule has 0 aliphatic carbocycles. The van der Waals surface area contributed by atoms with Crippen molar-refractivity contribution in [3.63, 3.8) is 0 Å². The van der Waals surface area contributed by atoms with E-state index >= 15 is 0 Å². The number of nitrogens with one attached hydrogen (secondary N) is 2. The Balaban J connectivity index is 2.02. The highest BCUT2D eigenvalue weighted by Gasteiger charge is 2.21. The van der Waals surface area contributed by atoms with Crippen molar-refractivity contribution < 1.29 is 9.53 Å². The Hall–Kier alpha value is -1.37. The summed E-state index contributed by atoms with van der Waals surface area (Å²) in [7, 11) is 1.92. The van der Waals surface area contributed by atoms with Gasteiger partial charge in [0.05, 0.1) is 18.2 Å². The van der Waals surface area contributed by atoms with Crippen LogP contribution in [0, 0.1) is 0 Å². The van der Waals surface area contributed by atoms with Gasteiger partial charge in [0.25, 0.3) is 5.91 Å². The molecule has 1 atom stereocenters. The first-order chi connectivity index (χ1) is 10.2. The third-order valence-electron chi connectivity index (χ3n) is 3.42. The fraction of sp³-hybridized carbons (Fsp3) is 0.267. The van der Waals surface area contributed by atoms with Crippen LogP contribution in [0.15, 0.2) is 34.1 Å². The minimum atomic E-state index is -0.0792. The Morgan fingerprint density at radius 3 is 3.00 bits per heavy atom. The third-order valence-corrected chi connectivity index (χ3v) is 5.36. The number of halogens is 1. The van der Waals surface area contributed by atoms with Gasteiger partial charge in [0.2, 0.25) is 0 Å². The summed E-state index contributed by atoms with van der Waals surface area (Å²) in [6, 6.07) is 7.86. The number of hydrogen-bond donors (Lipinski definition) is 2. The normalized spacial score (nSPS) is 15.6. The number of hydrogen-bond acceptors (Lipinski definition) is 4. The van der Waals surface area contributed by atoms with Gasteiger partial charge in [0, 0.05) is 9.35 Å². The van der Waals surface area contributed by atoms with Crippen LogP contribution in [-0.2, 0) is 0 Å². The number of thiophene rings is 1. The second-order valence-electron chi connectivity index (χ2n) is 4.71. The summed E-state index contributed by atoms with van der Waals surface area (Å²) in [6.07, 6.45) is 0. The van der Waals surface area contributed by atoms with E-state index in [-0.39, 0.29) is 11.9 Å². The van der Waals surface area contributed by atoms with E-state index in [9.17, 15) is 4.79 Å². The van der Waals surface area contributed by atoms with Gasteiger partial charge in [-0.3, -0.25) is 4.79 Å². The van der Waals surface area contributed by atoms with Crippen LogP contribution in [0.3, 0.4) is 0 Å². The Morgan fingerprint density at radius 2 is 2.29 bits per heavy atom. The van der Waals surface area contributed by atoms with Gasteiger partial charge in [-0.15, -0.1) is 11.3 Å². The standard InChI is InChI=1S/C15H15BrN2O2S/c1-17-13(14-11(16)4-7-21-14)9-2-3-12-10(8-9)15(19)18-5-6-20-12/h2-4,7-8,13,17H,5-6H2,1H3,(H,18,19). The van der Waals surface area contributed by atoms with Crippen LogP contribution in [0.2, 0.25) is 0 Å². The molecule has 3 rings (SSSR count). The number of amides is 1. The Labute approximate surface area is 135 Å². The number of carbonyl (C=O) groups is 1. The van der Waals surface area contributed by atoms with Gasteiger partial charge in [0.1, 0.15) is 12.4 Å². The molecule has 1 aliphatic heterocycles. The quantitative estimate of drug-likeness (QED) is 0.877. The van der Waals surface area contributed by atoms with Crippen molar-refractivity contribution in [2.45, 2.75) is 6.04 Å². The summed E-state index contributed by atoms with van der Waals surface area (Å²) < 4.78 is 6.66. The largest absolute Gasteiger partial charge is 0.491 e. The molecule has 0 spiro atoms. The number of benzene rings is 1. The van der Waals surface area contributed by atoms with Gasteiger partial charge in [-0.2, -0.15) is 0 Å². The van der Waals surface area contributed by atoms with Crippen LogP contribution >= 0.6 is 27.3 Å². The fourth-order valence-electron chi connectivity index (χ4n) is 2.41. The van der Waals surface area contributed by atoms with Crippen molar-refractivity contribution in [2.24, 2.45) is 0 Å². The maximum Gasteiger partial charge on any atom is 0.255 e. The summed E-state index contributed by atoms with van der Waals surface area (Å²) in [5.41, 5.74) is 1.64. The van der Waals surface area contributed by atoms with Gasteiger partial charge < -0.3 is 15.4 Å². The minimum Gasteiger partial charge on any atom is -0.491 e. The Kier molecular flexibility index (Phi) is 4.28. The van der Waals surface area contributed by atoms with Crippen LogP contribution in [0.4, 0.5) is 0 Å². The second-order valence-corrected chi connectivity index (χ2v) is 6.52. The maximum atomic E-state index is 12.1. The summed E-state index contributed by atoms with van der Waals surface area (Å²) in [5, 5.41) is 8.19. The molecule has 0 saturated heterocycles. The molecule has 2 aromatic rings. The highest BCUT2D eigenvalue weighted by Crippen LogP contribution is 2.34. The summed E-state index contributed by atoms with van der Waals surface area (Å²) in [6.45, 7) is 1.04. The van der Waals surface area contributed by atoms with Crippen LogP contribution in [-0.4, -0.2) is 26.1 Å². The zero-order valence-corrected chi connectivity index (χ0v) is 13.9. The highest BCUT2D eigenvalue weighted by molar-refractivity contribution is 9.10. The monoisotopic (exact) mass is 366 g/mol. The molecule has 0 bridgehead atoms. The van der Waals surface area contributed by atoms with Crippen LogP contribution in [0.25, 0.3) is 0 Å². The van der Waals surface area contributed by atoms with Gasteiger partial charge >= 0.3 is 0 Å².